The van der Waals surface area contributed by atoms with Gasteiger partial charge in [-0.2, -0.15) is 0 Å². The Labute approximate surface area is 178 Å². The minimum atomic E-state index is -0.444. The summed E-state index contributed by atoms with van der Waals surface area (Å²) in [5, 5.41) is 3.15. The van der Waals surface area contributed by atoms with Crippen molar-refractivity contribution in [1.29, 1.82) is 0 Å². The molecule has 2 aromatic carbocycles. The summed E-state index contributed by atoms with van der Waals surface area (Å²) < 4.78 is 14.4. The molecule has 0 fully saturated rings. The number of nitrogens with zero attached hydrogens (tertiary/aromatic N) is 2. The molecule has 0 spiro atoms. The maximum atomic E-state index is 14.4. The van der Waals surface area contributed by atoms with Crippen molar-refractivity contribution in [2.45, 2.75) is 19.8 Å². The lowest BCUT2D eigenvalue weighted by Crippen LogP contribution is -2.39. The molecule has 1 aliphatic rings. The zero-order chi connectivity index (χ0) is 21.7. The number of benzodiazepines with no additional fused rings is 1. The highest BCUT2D eigenvalue weighted by Gasteiger charge is 2.26. The Bertz CT molecular complexity index is 1020. The van der Waals surface area contributed by atoms with E-state index in [4.69, 9.17) is 11.6 Å². The second-order valence-corrected chi connectivity index (χ2v) is 7.34. The van der Waals surface area contributed by atoms with Gasteiger partial charge in [-0.15, -0.1) is 0 Å². The van der Waals surface area contributed by atoms with Crippen LogP contribution in [-0.4, -0.2) is 42.9 Å². The number of rotatable bonds is 7. The van der Waals surface area contributed by atoms with Gasteiger partial charge in [-0.1, -0.05) is 23.7 Å². The first-order valence-electron chi connectivity index (χ1n) is 9.52. The van der Waals surface area contributed by atoms with Gasteiger partial charge in [0.15, 0.2) is 0 Å². The summed E-state index contributed by atoms with van der Waals surface area (Å²) >= 11 is 6.18. The van der Waals surface area contributed by atoms with E-state index in [2.05, 4.69) is 10.3 Å². The average molecular weight is 430 g/mol. The smallest absolute Gasteiger partial charge is 0.248 e. The quantitative estimate of drug-likeness (QED) is 0.734. The molecule has 0 saturated heterocycles. The standard InChI is InChI=1S/C22H21ClFN3O3/c1-14(28)6-9-20(29)25-10-11-27-19-8-7-15(23)12-17(19)22(26-13-21(27)30)16-4-2-3-5-18(16)24/h2-5,7-8,12H,6,9-11,13H2,1H3,(H,25,29). The van der Waals surface area contributed by atoms with Crippen LogP contribution in [-0.2, 0) is 14.4 Å². The third-order valence-electron chi connectivity index (χ3n) is 4.67. The number of carbonyl (C=O) groups is 3. The predicted octanol–water partition coefficient (Wildman–Crippen LogP) is 3.15. The number of fused-ring (bicyclic) bond motifs is 1. The van der Waals surface area contributed by atoms with Crippen molar-refractivity contribution in [1.82, 2.24) is 5.32 Å². The summed E-state index contributed by atoms with van der Waals surface area (Å²) in [6, 6.07) is 11.2. The maximum Gasteiger partial charge on any atom is 0.248 e. The van der Waals surface area contributed by atoms with Crippen molar-refractivity contribution in [2.75, 3.05) is 24.5 Å². The molecule has 1 heterocycles. The molecule has 1 aliphatic heterocycles. The zero-order valence-corrected chi connectivity index (χ0v) is 17.2. The molecular formula is C22H21ClFN3O3. The Morgan fingerprint density at radius 2 is 1.93 bits per heavy atom. The fraction of sp³-hybridized carbons (Fsp3) is 0.273. The van der Waals surface area contributed by atoms with E-state index in [1.165, 1.54) is 17.9 Å². The van der Waals surface area contributed by atoms with Crippen LogP contribution in [0.4, 0.5) is 10.1 Å². The number of Topliss-reactive ketones (excluding diaryl/α,β-unsaturated/α-hetero) is 1. The average Bonchev–Trinajstić information content (AvgIpc) is 2.83. The van der Waals surface area contributed by atoms with Gasteiger partial charge >= 0.3 is 0 Å². The van der Waals surface area contributed by atoms with Crippen molar-refractivity contribution in [3.05, 3.63) is 64.4 Å². The third-order valence-corrected chi connectivity index (χ3v) is 4.90. The molecule has 8 heteroatoms. The number of aliphatic imine (C=N–C) groups is 1. The van der Waals surface area contributed by atoms with E-state index in [9.17, 15) is 18.8 Å². The number of amides is 2. The van der Waals surface area contributed by atoms with Gasteiger partial charge in [0.1, 0.15) is 18.1 Å². The van der Waals surface area contributed by atoms with E-state index in [-0.39, 0.29) is 55.6 Å². The largest absolute Gasteiger partial charge is 0.354 e. The van der Waals surface area contributed by atoms with Crippen LogP contribution in [0, 0.1) is 5.82 Å². The number of halogens is 2. The summed E-state index contributed by atoms with van der Waals surface area (Å²) in [6.07, 6.45) is 0.283. The van der Waals surface area contributed by atoms with Crippen LogP contribution in [0.2, 0.25) is 5.02 Å². The Balaban J connectivity index is 1.85. The minimum absolute atomic E-state index is 0.0588. The molecule has 0 radical (unpaired) electrons. The van der Waals surface area contributed by atoms with Crippen LogP contribution < -0.4 is 10.2 Å². The summed E-state index contributed by atoms with van der Waals surface area (Å²) in [5.41, 5.74) is 1.73. The molecule has 3 rings (SSSR count). The first-order valence-corrected chi connectivity index (χ1v) is 9.90. The number of carbonyl (C=O) groups excluding carboxylic acids is 3. The van der Waals surface area contributed by atoms with Crippen LogP contribution in [0.15, 0.2) is 47.5 Å². The number of benzene rings is 2. The highest BCUT2D eigenvalue weighted by Crippen LogP contribution is 2.30. The van der Waals surface area contributed by atoms with Crippen molar-refractivity contribution in [3.8, 4) is 0 Å². The zero-order valence-electron chi connectivity index (χ0n) is 16.5. The SMILES string of the molecule is CC(=O)CCC(=O)NCCN1C(=O)CN=C(c2ccccc2F)c2cc(Cl)ccc21. The van der Waals surface area contributed by atoms with Gasteiger partial charge < -0.3 is 15.0 Å². The van der Waals surface area contributed by atoms with Crippen LogP contribution >= 0.6 is 11.6 Å². The van der Waals surface area contributed by atoms with E-state index in [1.807, 2.05) is 0 Å². The first-order chi connectivity index (χ1) is 14.4. The Morgan fingerprint density at radius 3 is 2.67 bits per heavy atom. The molecule has 0 atom stereocenters. The highest BCUT2D eigenvalue weighted by atomic mass is 35.5. The molecule has 0 saturated carbocycles. The molecule has 2 aromatic rings. The van der Waals surface area contributed by atoms with E-state index in [0.717, 1.165) is 0 Å². The lowest BCUT2D eigenvalue weighted by molar-refractivity contribution is -0.124. The van der Waals surface area contributed by atoms with E-state index >= 15 is 0 Å². The predicted molar refractivity (Wildman–Crippen MR) is 114 cm³/mol. The maximum absolute atomic E-state index is 14.4. The molecule has 0 aromatic heterocycles. The number of hydrogen-bond acceptors (Lipinski definition) is 4. The number of ketones is 1. The van der Waals surface area contributed by atoms with Crippen LogP contribution in [0.3, 0.4) is 0 Å². The van der Waals surface area contributed by atoms with Gasteiger partial charge in [-0.3, -0.25) is 14.6 Å². The normalized spacial score (nSPS) is 13.4. The van der Waals surface area contributed by atoms with Crippen molar-refractivity contribution >= 4 is 40.6 Å². The van der Waals surface area contributed by atoms with Gasteiger partial charge in [0.25, 0.3) is 0 Å². The highest BCUT2D eigenvalue weighted by molar-refractivity contribution is 6.32. The monoisotopic (exact) mass is 429 g/mol. The van der Waals surface area contributed by atoms with Crippen LogP contribution in [0.5, 0.6) is 0 Å². The fourth-order valence-electron chi connectivity index (χ4n) is 3.20. The lowest BCUT2D eigenvalue weighted by atomic mass is 9.99. The number of hydrogen-bond donors (Lipinski definition) is 1. The molecular weight excluding hydrogens is 409 g/mol. The van der Waals surface area contributed by atoms with Crippen LogP contribution in [0.1, 0.15) is 30.9 Å². The first kappa shape index (κ1) is 21.6. The minimum Gasteiger partial charge on any atom is -0.354 e. The Hall–Kier alpha value is -3.06. The Morgan fingerprint density at radius 1 is 1.17 bits per heavy atom. The number of anilines is 1. The van der Waals surface area contributed by atoms with Gasteiger partial charge in [0.2, 0.25) is 11.8 Å². The van der Waals surface area contributed by atoms with Gasteiger partial charge in [0, 0.05) is 42.1 Å². The van der Waals surface area contributed by atoms with E-state index in [0.29, 0.717) is 22.0 Å². The molecule has 156 valence electrons. The van der Waals surface area contributed by atoms with Crippen molar-refractivity contribution in [2.24, 2.45) is 4.99 Å². The van der Waals surface area contributed by atoms with Gasteiger partial charge in [-0.25, -0.2) is 4.39 Å². The summed E-state index contributed by atoms with van der Waals surface area (Å²) in [7, 11) is 0. The van der Waals surface area contributed by atoms with Crippen molar-refractivity contribution in [3.63, 3.8) is 0 Å². The molecule has 2 amide bonds. The molecule has 6 nitrogen and oxygen atoms in total. The van der Waals surface area contributed by atoms with Gasteiger partial charge in [-0.05, 0) is 37.3 Å². The third kappa shape index (κ3) is 5.10. The van der Waals surface area contributed by atoms with Crippen molar-refractivity contribution < 1.29 is 18.8 Å². The van der Waals surface area contributed by atoms with Gasteiger partial charge in [0.05, 0.1) is 11.4 Å². The second kappa shape index (κ2) is 9.63. The molecule has 0 unspecified atom stereocenters. The van der Waals surface area contributed by atoms with E-state index in [1.54, 1.807) is 36.4 Å². The molecule has 0 aliphatic carbocycles. The lowest BCUT2D eigenvalue weighted by Gasteiger charge is -2.23. The summed E-state index contributed by atoms with van der Waals surface area (Å²) in [5.74, 6) is -1.03. The van der Waals surface area contributed by atoms with E-state index < -0.39 is 5.82 Å². The molecule has 0 bridgehead atoms. The molecule has 30 heavy (non-hydrogen) atoms. The summed E-state index contributed by atoms with van der Waals surface area (Å²) in [4.78, 5) is 41.5. The van der Waals surface area contributed by atoms with Crippen LogP contribution in [0.25, 0.3) is 0 Å². The Kier molecular flexibility index (Phi) is 6.95. The molecule has 1 N–H and O–H groups in total. The number of nitrogens with one attached hydrogen (secondary N) is 1. The fourth-order valence-corrected chi connectivity index (χ4v) is 3.37. The topological polar surface area (TPSA) is 78.8 Å². The second-order valence-electron chi connectivity index (χ2n) is 6.90. The summed E-state index contributed by atoms with van der Waals surface area (Å²) in [6.45, 7) is 1.69.